The molecule has 3 aromatic carbocycles. The van der Waals surface area contributed by atoms with E-state index in [1.54, 1.807) is 24.4 Å². The summed E-state index contributed by atoms with van der Waals surface area (Å²) >= 11 is 6.57. The third-order valence-corrected chi connectivity index (χ3v) is 12.4. The lowest BCUT2D eigenvalue weighted by Crippen LogP contribution is -2.52. The minimum Gasteiger partial charge on any atom is -0.484 e. The Hall–Kier alpha value is -6.35. The molecule has 3 N–H and O–H groups in total. The third-order valence-electron chi connectivity index (χ3n) is 12.1. The molecule has 0 saturated carbocycles. The zero-order valence-electron chi connectivity index (χ0n) is 34.3. The van der Waals surface area contributed by atoms with Gasteiger partial charge >= 0.3 is 0 Å². The fraction of sp³-hybridized carbons (Fsp3) is 0.391. The molecule has 62 heavy (non-hydrogen) atoms. The first-order valence-electron chi connectivity index (χ1n) is 21.3. The Balaban J connectivity index is 0.713. The molecule has 16 heteroatoms. The number of amides is 6. The van der Waals surface area contributed by atoms with Gasteiger partial charge in [-0.25, -0.2) is 9.97 Å². The molecule has 4 aromatic rings. The maximum absolute atomic E-state index is 13.5. The lowest BCUT2D eigenvalue weighted by Gasteiger charge is -2.37. The molecule has 4 aliphatic rings. The van der Waals surface area contributed by atoms with Gasteiger partial charge in [-0.2, -0.15) is 0 Å². The van der Waals surface area contributed by atoms with Crippen molar-refractivity contribution in [3.05, 3.63) is 95.1 Å². The van der Waals surface area contributed by atoms with Crippen LogP contribution >= 0.6 is 11.6 Å². The maximum Gasteiger partial charge on any atom is 0.257 e. The Labute approximate surface area is 364 Å². The molecule has 6 amide bonds. The monoisotopic (exact) mass is 860 g/mol. The number of piperidine rings is 3. The predicted molar refractivity (Wildman–Crippen MR) is 231 cm³/mol. The van der Waals surface area contributed by atoms with E-state index in [0.717, 1.165) is 29.5 Å². The number of fused-ring (bicyclic) bond motifs is 1. The van der Waals surface area contributed by atoms with Crippen LogP contribution in [-0.2, 0) is 30.5 Å². The van der Waals surface area contributed by atoms with Crippen molar-refractivity contribution < 1.29 is 33.5 Å². The number of hydrogen-bond donors (Lipinski definition) is 3. The van der Waals surface area contributed by atoms with Gasteiger partial charge < -0.3 is 30.1 Å². The van der Waals surface area contributed by atoms with Gasteiger partial charge in [0.1, 0.15) is 11.8 Å². The van der Waals surface area contributed by atoms with Crippen LogP contribution < -0.4 is 20.7 Å². The standard InChI is InChI=1S/C46H49ClN8O7/c47-37-26-49-46(52-42(37)32-9-4-8-31(24-32)29-6-2-1-3-7-29)50-34-17-22-54(23-18-34)44(60)30-15-20-53(21-16-30)41(58)10-5-19-48-40(57)28-62-35-11-12-36-33(25-35)27-55(45(36)61)38-13-14-39(56)51-43(38)59/h1-4,6-9,11-12,24-26,30,34,38H,5,10,13-23,27-28H2,(H,48,57)(H,49,50,52)(H,51,56,59). The minimum atomic E-state index is -0.709. The molecule has 8 rings (SSSR count). The minimum absolute atomic E-state index is 0.00352. The fourth-order valence-electron chi connectivity index (χ4n) is 8.64. The van der Waals surface area contributed by atoms with E-state index in [0.29, 0.717) is 85.5 Å². The second-order valence-corrected chi connectivity index (χ2v) is 16.6. The topological polar surface area (TPSA) is 183 Å². The second-order valence-electron chi connectivity index (χ2n) is 16.2. The van der Waals surface area contributed by atoms with Crippen LogP contribution in [0.15, 0.2) is 79.0 Å². The SMILES string of the molecule is O=C(COc1ccc2c(c1)CN(C1CCC(=O)NC1=O)C2=O)NCCCC(=O)N1CCC(C(=O)N2CCC(Nc3ncc(Cl)c(-c4cccc(-c5ccccc5)c4)n3)CC2)CC1. The molecule has 4 aliphatic heterocycles. The van der Waals surface area contributed by atoms with Crippen LogP contribution in [-0.4, -0.2) is 112 Å². The van der Waals surface area contributed by atoms with Crippen molar-refractivity contribution in [2.45, 2.75) is 70.0 Å². The van der Waals surface area contributed by atoms with Gasteiger partial charge in [-0.15, -0.1) is 0 Å². The molecule has 0 radical (unpaired) electrons. The first kappa shape index (κ1) is 42.3. The molecule has 322 valence electrons. The van der Waals surface area contributed by atoms with Gasteiger partial charge in [-0.3, -0.25) is 34.1 Å². The van der Waals surface area contributed by atoms with E-state index in [9.17, 15) is 28.8 Å². The summed E-state index contributed by atoms with van der Waals surface area (Å²) in [4.78, 5) is 90.2. The normalized spacial score (nSPS) is 18.3. The van der Waals surface area contributed by atoms with E-state index >= 15 is 0 Å². The zero-order chi connectivity index (χ0) is 43.2. The first-order chi connectivity index (χ1) is 30.1. The molecule has 1 aromatic heterocycles. The molecule has 5 heterocycles. The van der Waals surface area contributed by atoms with Gasteiger partial charge in [0, 0.05) is 75.2 Å². The number of halogens is 1. The van der Waals surface area contributed by atoms with Crippen molar-refractivity contribution in [1.29, 1.82) is 0 Å². The summed E-state index contributed by atoms with van der Waals surface area (Å²) in [5.41, 5.74) is 4.88. The number of anilines is 1. The van der Waals surface area contributed by atoms with Crippen molar-refractivity contribution in [3.8, 4) is 28.1 Å². The highest BCUT2D eigenvalue weighted by Gasteiger charge is 2.39. The number of aromatic nitrogens is 2. The highest BCUT2D eigenvalue weighted by Crippen LogP contribution is 2.32. The summed E-state index contributed by atoms with van der Waals surface area (Å²) in [5, 5.41) is 9.01. The Morgan fingerprint density at radius 1 is 0.839 bits per heavy atom. The Kier molecular flexibility index (Phi) is 13.1. The quantitative estimate of drug-likeness (QED) is 0.124. The van der Waals surface area contributed by atoms with Gasteiger partial charge in [0.2, 0.25) is 29.6 Å². The van der Waals surface area contributed by atoms with Crippen LogP contribution in [0.2, 0.25) is 5.02 Å². The van der Waals surface area contributed by atoms with Crippen molar-refractivity contribution in [3.63, 3.8) is 0 Å². The Morgan fingerprint density at radius 2 is 1.58 bits per heavy atom. The third kappa shape index (κ3) is 9.89. The summed E-state index contributed by atoms with van der Waals surface area (Å²) in [6.45, 7) is 2.58. The number of imide groups is 1. The average Bonchev–Trinajstić information content (AvgIpc) is 3.62. The molecular weight excluding hydrogens is 812 g/mol. The van der Waals surface area contributed by atoms with Gasteiger partial charge in [0.25, 0.3) is 11.8 Å². The summed E-state index contributed by atoms with van der Waals surface area (Å²) in [7, 11) is 0. The number of rotatable bonds is 13. The molecule has 3 fully saturated rings. The molecule has 1 unspecified atom stereocenters. The van der Waals surface area contributed by atoms with E-state index < -0.39 is 11.9 Å². The smallest absolute Gasteiger partial charge is 0.257 e. The Bertz CT molecular complexity index is 2350. The summed E-state index contributed by atoms with van der Waals surface area (Å²) in [5.74, 6) is -0.499. The summed E-state index contributed by atoms with van der Waals surface area (Å²) in [6.07, 6.45) is 5.59. The van der Waals surface area contributed by atoms with Crippen LogP contribution in [0.5, 0.6) is 5.75 Å². The van der Waals surface area contributed by atoms with Crippen LogP contribution in [0.1, 0.15) is 67.3 Å². The van der Waals surface area contributed by atoms with Crippen molar-refractivity contribution in [2.75, 3.05) is 44.6 Å². The Morgan fingerprint density at radius 3 is 2.35 bits per heavy atom. The molecule has 0 aliphatic carbocycles. The highest BCUT2D eigenvalue weighted by atomic mass is 35.5. The summed E-state index contributed by atoms with van der Waals surface area (Å²) < 4.78 is 5.67. The van der Waals surface area contributed by atoms with E-state index in [1.165, 1.54) is 4.90 Å². The molecule has 0 spiro atoms. The van der Waals surface area contributed by atoms with Gasteiger partial charge in [-0.1, -0.05) is 60.1 Å². The molecule has 1 atom stereocenters. The lowest BCUT2D eigenvalue weighted by atomic mass is 9.93. The zero-order valence-corrected chi connectivity index (χ0v) is 35.1. The summed E-state index contributed by atoms with van der Waals surface area (Å²) in [6, 6.07) is 22.6. The van der Waals surface area contributed by atoms with E-state index in [1.807, 2.05) is 40.1 Å². The van der Waals surface area contributed by atoms with Crippen molar-refractivity contribution in [1.82, 2.24) is 35.3 Å². The molecular formula is C46H49ClN8O7. The van der Waals surface area contributed by atoms with Crippen LogP contribution in [0, 0.1) is 5.92 Å². The number of hydrogen-bond acceptors (Lipinski definition) is 10. The predicted octanol–water partition coefficient (Wildman–Crippen LogP) is 4.84. The number of benzene rings is 3. The number of nitrogens with one attached hydrogen (secondary N) is 3. The number of likely N-dealkylation sites (tertiary alicyclic amines) is 2. The molecule has 3 saturated heterocycles. The number of carbonyl (C=O) groups excluding carboxylic acids is 6. The fourth-order valence-corrected chi connectivity index (χ4v) is 8.84. The van der Waals surface area contributed by atoms with Gasteiger partial charge in [0.15, 0.2) is 6.61 Å². The van der Waals surface area contributed by atoms with Crippen molar-refractivity contribution >= 4 is 53.0 Å². The number of nitrogens with zero attached hydrogens (tertiary/aromatic N) is 5. The largest absolute Gasteiger partial charge is 0.484 e. The molecule has 0 bridgehead atoms. The second kappa shape index (κ2) is 19.1. The van der Waals surface area contributed by atoms with E-state index in [4.69, 9.17) is 21.3 Å². The maximum atomic E-state index is 13.5. The number of carbonyl (C=O) groups is 6. The van der Waals surface area contributed by atoms with Crippen LogP contribution in [0.25, 0.3) is 22.4 Å². The van der Waals surface area contributed by atoms with Crippen LogP contribution in [0.3, 0.4) is 0 Å². The average molecular weight is 861 g/mol. The lowest BCUT2D eigenvalue weighted by molar-refractivity contribution is -0.141. The van der Waals surface area contributed by atoms with Crippen LogP contribution in [0.4, 0.5) is 5.95 Å². The van der Waals surface area contributed by atoms with Crippen molar-refractivity contribution in [2.24, 2.45) is 5.92 Å². The van der Waals surface area contributed by atoms with Gasteiger partial charge in [0.05, 0.1) is 16.9 Å². The van der Waals surface area contributed by atoms with E-state index in [-0.39, 0.29) is 73.9 Å². The van der Waals surface area contributed by atoms with Gasteiger partial charge in [-0.05, 0) is 79.5 Å². The highest BCUT2D eigenvalue weighted by molar-refractivity contribution is 6.33. The molecule has 15 nitrogen and oxygen atoms in total. The first-order valence-corrected chi connectivity index (χ1v) is 21.7. The van der Waals surface area contributed by atoms with E-state index in [2.05, 4.69) is 45.2 Å². The number of ether oxygens (including phenoxy) is 1.